The second-order valence-corrected chi connectivity index (χ2v) is 5.53. The summed E-state index contributed by atoms with van der Waals surface area (Å²) in [5.41, 5.74) is 0. The summed E-state index contributed by atoms with van der Waals surface area (Å²) in [7, 11) is 0. The van der Waals surface area contributed by atoms with Crippen LogP contribution in [0, 0.1) is 0 Å². The molecule has 0 fully saturated rings. The van der Waals surface area contributed by atoms with E-state index in [0.29, 0.717) is 0 Å². The van der Waals surface area contributed by atoms with Gasteiger partial charge in [-0.15, -0.1) is 11.3 Å². The van der Waals surface area contributed by atoms with E-state index in [2.05, 4.69) is 11.6 Å². The minimum Gasteiger partial charge on any atom is -0.312 e. The van der Waals surface area contributed by atoms with Gasteiger partial charge in [0.05, 0.1) is 5.02 Å². The third-order valence-electron chi connectivity index (χ3n) is 1.87. The fourth-order valence-corrected chi connectivity index (χ4v) is 2.69. The van der Waals surface area contributed by atoms with Crippen molar-refractivity contribution < 1.29 is 0 Å². The molecule has 0 aliphatic rings. The molecule has 0 radical (unpaired) electrons. The van der Waals surface area contributed by atoms with E-state index >= 15 is 0 Å². The molecule has 0 aliphatic carbocycles. The highest BCUT2D eigenvalue weighted by molar-refractivity contribution is 7.98. The summed E-state index contributed by atoms with van der Waals surface area (Å²) in [6.45, 7) is 2.06. The van der Waals surface area contributed by atoms with Crippen molar-refractivity contribution in [2.75, 3.05) is 18.6 Å². The van der Waals surface area contributed by atoms with Crippen LogP contribution in [0.3, 0.4) is 0 Å². The van der Waals surface area contributed by atoms with E-state index in [9.17, 15) is 0 Å². The SMILES string of the molecule is CSCCCCNCc1cc(Cl)cs1. The standard InChI is InChI=1S/C10H16ClNS2/c1-13-5-3-2-4-12-7-10-6-9(11)8-14-10/h6,8,12H,2-5,7H2,1H3. The first-order valence-electron chi connectivity index (χ1n) is 4.75. The van der Waals surface area contributed by atoms with Crippen LogP contribution in [0.25, 0.3) is 0 Å². The molecule has 80 valence electrons. The van der Waals surface area contributed by atoms with Crippen molar-refractivity contribution in [1.29, 1.82) is 0 Å². The molecule has 0 saturated heterocycles. The molecule has 1 N–H and O–H groups in total. The van der Waals surface area contributed by atoms with Crippen molar-refractivity contribution in [3.8, 4) is 0 Å². The lowest BCUT2D eigenvalue weighted by Gasteiger charge is -2.01. The van der Waals surface area contributed by atoms with Gasteiger partial charge in [0, 0.05) is 16.8 Å². The normalized spacial score (nSPS) is 10.7. The van der Waals surface area contributed by atoms with Crippen molar-refractivity contribution in [2.45, 2.75) is 19.4 Å². The van der Waals surface area contributed by atoms with Gasteiger partial charge in [-0.25, -0.2) is 0 Å². The van der Waals surface area contributed by atoms with Gasteiger partial charge in [-0.05, 0) is 37.5 Å². The Labute approximate surface area is 99.2 Å². The van der Waals surface area contributed by atoms with E-state index in [0.717, 1.165) is 18.1 Å². The number of unbranched alkanes of at least 4 members (excludes halogenated alkanes) is 1. The summed E-state index contributed by atoms with van der Waals surface area (Å²) >= 11 is 9.46. The topological polar surface area (TPSA) is 12.0 Å². The van der Waals surface area contributed by atoms with Crippen molar-refractivity contribution in [3.05, 3.63) is 21.3 Å². The summed E-state index contributed by atoms with van der Waals surface area (Å²) in [5.74, 6) is 1.27. The molecule has 0 aliphatic heterocycles. The van der Waals surface area contributed by atoms with Gasteiger partial charge in [0.25, 0.3) is 0 Å². The molecule has 0 atom stereocenters. The van der Waals surface area contributed by atoms with Gasteiger partial charge in [0.2, 0.25) is 0 Å². The van der Waals surface area contributed by atoms with Gasteiger partial charge in [-0.1, -0.05) is 11.6 Å². The second kappa shape index (κ2) is 7.57. The highest BCUT2D eigenvalue weighted by Crippen LogP contribution is 2.18. The molecule has 1 heterocycles. The van der Waals surface area contributed by atoms with E-state index in [4.69, 9.17) is 11.6 Å². The average Bonchev–Trinajstić information content (AvgIpc) is 2.58. The Morgan fingerprint density at radius 2 is 2.36 bits per heavy atom. The van der Waals surface area contributed by atoms with Crippen LogP contribution in [0.1, 0.15) is 17.7 Å². The van der Waals surface area contributed by atoms with Crippen molar-refractivity contribution in [1.82, 2.24) is 5.32 Å². The molecule has 0 unspecified atom stereocenters. The molecular weight excluding hydrogens is 234 g/mol. The summed E-state index contributed by atoms with van der Waals surface area (Å²) in [4.78, 5) is 1.32. The molecule has 0 spiro atoms. The van der Waals surface area contributed by atoms with E-state index in [1.165, 1.54) is 23.5 Å². The third kappa shape index (κ3) is 5.25. The zero-order valence-corrected chi connectivity index (χ0v) is 10.8. The van der Waals surface area contributed by atoms with Gasteiger partial charge in [-0.3, -0.25) is 0 Å². The van der Waals surface area contributed by atoms with Gasteiger partial charge < -0.3 is 5.32 Å². The summed E-state index contributed by atoms with van der Waals surface area (Å²) in [6, 6.07) is 2.03. The first-order chi connectivity index (χ1) is 6.83. The molecule has 1 aromatic rings. The number of halogens is 1. The highest BCUT2D eigenvalue weighted by atomic mass is 35.5. The lowest BCUT2D eigenvalue weighted by atomic mass is 10.3. The number of thiophene rings is 1. The lowest BCUT2D eigenvalue weighted by molar-refractivity contribution is 0.648. The van der Waals surface area contributed by atoms with Gasteiger partial charge in [-0.2, -0.15) is 11.8 Å². The van der Waals surface area contributed by atoms with Gasteiger partial charge >= 0.3 is 0 Å². The molecule has 1 nitrogen and oxygen atoms in total. The first kappa shape index (κ1) is 12.4. The summed E-state index contributed by atoms with van der Waals surface area (Å²) in [5, 5.41) is 6.25. The van der Waals surface area contributed by atoms with Gasteiger partial charge in [0.15, 0.2) is 0 Å². The fourth-order valence-electron chi connectivity index (χ4n) is 1.15. The minimum atomic E-state index is 0.856. The Morgan fingerprint density at radius 1 is 1.50 bits per heavy atom. The molecule has 14 heavy (non-hydrogen) atoms. The van der Waals surface area contributed by atoms with Crippen LogP contribution < -0.4 is 5.32 Å². The maximum atomic E-state index is 5.82. The van der Waals surface area contributed by atoms with Crippen molar-refractivity contribution in [2.24, 2.45) is 0 Å². The second-order valence-electron chi connectivity index (χ2n) is 3.11. The molecule has 1 aromatic heterocycles. The Bertz CT molecular complexity index is 250. The molecule has 0 amide bonds. The first-order valence-corrected chi connectivity index (χ1v) is 7.40. The van der Waals surface area contributed by atoms with E-state index < -0.39 is 0 Å². The lowest BCUT2D eigenvalue weighted by Crippen LogP contribution is -2.13. The molecule has 1 rings (SSSR count). The van der Waals surface area contributed by atoms with E-state index in [-0.39, 0.29) is 0 Å². The Morgan fingerprint density at radius 3 is 3.00 bits per heavy atom. The zero-order chi connectivity index (χ0) is 10.2. The quantitative estimate of drug-likeness (QED) is 0.741. The predicted octanol–water partition coefficient (Wildman–Crippen LogP) is 3.63. The molecule has 0 saturated carbocycles. The Kier molecular flexibility index (Phi) is 6.69. The predicted molar refractivity (Wildman–Crippen MR) is 68.7 cm³/mol. The third-order valence-corrected chi connectivity index (χ3v) is 3.85. The van der Waals surface area contributed by atoms with Crippen LogP contribution in [0.15, 0.2) is 11.4 Å². The average molecular weight is 250 g/mol. The number of rotatable bonds is 7. The van der Waals surface area contributed by atoms with Crippen molar-refractivity contribution in [3.63, 3.8) is 0 Å². The Balaban J connectivity index is 1.99. The van der Waals surface area contributed by atoms with Crippen LogP contribution in [-0.4, -0.2) is 18.6 Å². The smallest absolute Gasteiger partial charge is 0.0516 e. The molecule has 4 heteroatoms. The minimum absolute atomic E-state index is 0.856. The number of thioether (sulfide) groups is 1. The zero-order valence-electron chi connectivity index (χ0n) is 8.38. The van der Waals surface area contributed by atoms with Crippen LogP contribution >= 0.6 is 34.7 Å². The van der Waals surface area contributed by atoms with Crippen LogP contribution in [0.5, 0.6) is 0 Å². The number of hydrogen-bond donors (Lipinski definition) is 1. The highest BCUT2D eigenvalue weighted by Gasteiger charge is 1.96. The number of hydrogen-bond acceptors (Lipinski definition) is 3. The maximum absolute atomic E-state index is 5.82. The van der Waals surface area contributed by atoms with E-state index in [1.54, 1.807) is 11.3 Å². The van der Waals surface area contributed by atoms with Crippen LogP contribution in [0.4, 0.5) is 0 Å². The fraction of sp³-hybridized carbons (Fsp3) is 0.600. The largest absolute Gasteiger partial charge is 0.312 e. The van der Waals surface area contributed by atoms with Crippen LogP contribution in [0.2, 0.25) is 5.02 Å². The monoisotopic (exact) mass is 249 g/mol. The molecular formula is C10H16ClNS2. The maximum Gasteiger partial charge on any atom is 0.0516 e. The Hall–Kier alpha value is 0.300. The summed E-state index contributed by atoms with van der Waals surface area (Å²) < 4.78 is 0. The molecule has 0 aromatic carbocycles. The summed E-state index contributed by atoms with van der Waals surface area (Å²) in [6.07, 6.45) is 4.72. The van der Waals surface area contributed by atoms with Crippen LogP contribution in [-0.2, 0) is 6.54 Å². The van der Waals surface area contributed by atoms with E-state index in [1.807, 2.05) is 23.2 Å². The number of nitrogens with one attached hydrogen (secondary N) is 1. The van der Waals surface area contributed by atoms with Crippen molar-refractivity contribution >= 4 is 34.7 Å². The van der Waals surface area contributed by atoms with Gasteiger partial charge in [0.1, 0.15) is 0 Å². The molecule has 0 bridgehead atoms.